The Morgan fingerprint density at radius 3 is 2.95 bits per heavy atom. The molecule has 2 aromatic rings. The summed E-state index contributed by atoms with van der Waals surface area (Å²) in [5.41, 5.74) is 10.8. The van der Waals surface area contributed by atoms with Crippen molar-refractivity contribution in [1.82, 2.24) is 4.98 Å². The molecule has 1 unspecified atom stereocenters. The van der Waals surface area contributed by atoms with Gasteiger partial charge in [-0.2, -0.15) is 0 Å². The average Bonchev–Trinajstić information content (AvgIpc) is 2.76. The van der Waals surface area contributed by atoms with E-state index in [1.807, 2.05) is 12.3 Å². The van der Waals surface area contributed by atoms with E-state index in [9.17, 15) is 0 Å². The van der Waals surface area contributed by atoms with Crippen LogP contribution in [0.5, 0.6) is 0 Å². The van der Waals surface area contributed by atoms with E-state index in [1.54, 1.807) is 0 Å². The van der Waals surface area contributed by atoms with Crippen molar-refractivity contribution in [3.63, 3.8) is 0 Å². The molecule has 98 valence electrons. The number of para-hydroxylation sites is 1. The molecule has 0 radical (unpaired) electrons. The van der Waals surface area contributed by atoms with Crippen LogP contribution in [0.2, 0.25) is 0 Å². The van der Waals surface area contributed by atoms with Crippen molar-refractivity contribution < 1.29 is 0 Å². The first-order chi connectivity index (χ1) is 9.29. The predicted molar refractivity (Wildman–Crippen MR) is 77.9 cm³/mol. The van der Waals surface area contributed by atoms with E-state index in [0.717, 1.165) is 18.7 Å². The molecule has 0 saturated carbocycles. The summed E-state index contributed by atoms with van der Waals surface area (Å²) in [6, 6.07) is 13.3. The fourth-order valence-electron chi connectivity index (χ4n) is 2.85. The first-order valence-corrected chi connectivity index (χ1v) is 6.77. The standard InChI is InChI=1S/C16H19N3/c1-12-9-13-5-2-3-7-16(13)19(12)11-14-6-4-8-18-15(14)10-17/h2-8,12H,9-11,17H2,1H3. The molecule has 0 amide bonds. The van der Waals surface area contributed by atoms with E-state index in [2.05, 4.69) is 47.1 Å². The van der Waals surface area contributed by atoms with Gasteiger partial charge in [-0.05, 0) is 36.6 Å². The van der Waals surface area contributed by atoms with Crippen molar-refractivity contribution >= 4 is 5.69 Å². The normalized spacial score (nSPS) is 17.6. The summed E-state index contributed by atoms with van der Waals surface area (Å²) in [6.45, 7) is 3.66. The molecule has 0 bridgehead atoms. The third-order valence-corrected chi connectivity index (χ3v) is 3.87. The van der Waals surface area contributed by atoms with Crippen LogP contribution in [0.1, 0.15) is 23.7 Å². The topological polar surface area (TPSA) is 42.2 Å². The van der Waals surface area contributed by atoms with Gasteiger partial charge in [0, 0.05) is 31.0 Å². The molecule has 0 fully saturated rings. The summed E-state index contributed by atoms with van der Waals surface area (Å²) in [5, 5.41) is 0. The van der Waals surface area contributed by atoms with Crippen molar-refractivity contribution in [2.75, 3.05) is 4.90 Å². The largest absolute Gasteiger partial charge is 0.364 e. The van der Waals surface area contributed by atoms with E-state index < -0.39 is 0 Å². The van der Waals surface area contributed by atoms with Crippen LogP contribution in [0.15, 0.2) is 42.6 Å². The minimum atomic E-state index is 0.500. The minimum Gasteiger partial charge on any atom is -0.364 e. The highest BCUT2D eigenvalue weighted by Crippen LogP contribution is 2.33. The first kappa shape index (κ1) is 12.2. The number of rotatable bonds is 3. The maximum absolute atomic E-state index is 5.77. The van der Waals surface area contributed by atoms with Crippen LogP contribution in [-0.4, -0.2) is 11.0 Å². The summed E-state index contributed by atoms with van der Waals surface area (Å²) in [4.78, 5) is 6.82. The molecule has 3 heteroatoms. The lowest BCUT2D eigenvalue weighted by molar-refractivity contribution is 0.667. The quantitative estimate of drug-likeness (QED) is 0.913. The molecule has 2 N–H and O–H groups in total. The molecular weight excluding hydrogens is 234 g/mol. The van der Waals surface area contributed by atoms with Gasteiger partial charge in [-0.1, -0.05) is 24.3 Å². The molecule has 1 aliphatic rings. The Bertz CT molecular complexity index is 580. The zero-order valence-corrected chi connectivity index (χ0v) is 11.2. The average molecular weight is 253 g/mol. The summed E-state index contributed by atoms with van der Waals surface area (Å²) in [5.74, 6) is 0. The third kappa shape index (κ3) is 2.22. The van der Waals surface area contributed by atoms with Gasteiger partial charge < -0.3 is 10.6 Å². The lowest BCUT2D eigenvalue weighted by atomic mass is 10.1. The minimum absolute atomic E-state index is 0.500. The molecule has 3 rings (SSSR count). The van der Waals surface area contributed by atoms with E-state index in [0.29, 0.717) is 12.6 Å². The Morgan fingerprint density at radius 1 is 1.26 bits per heavy atom. The molecule has 2 heterocycles. The summed E-state index contributed by atoms with van der Waals surface area (Å²) >= 11 is 0. The summed E-state index contributed by atoms with van der Waals surface area (Å²) in [7, 11) is 0. The SMILES string of the molecule is CC1Cc2ccccc2N1Cc1cccnc1CN. The zero-order valence-electron chi connectivity index (χ0n) is 11.2. The highest BCUT2D eigenvalue weighted by atomic mass is 15.2. The van der Waals surface area contributed by atoms with Gasteiger partial charge in [0.1, 0.15) is 0 Å². The highest BCUT2D eigenvalue weighted by molar-refractivity contribution is 5.59. The number of hydrogen-bond donors (Lipinski definition) is 1. The predicted octanol–water partition coefficient (Wildman–Crippen LogP) is 2.49. The number of aromatic nitrogens is 1. The van der Waals surface area contributed by atoms with Crippen LogP contribution < -0.4 is 10.6 Å². The summed E-state index contributed by atoms with van der Waals surface area (Å²) in [6.07, 6.45) is 2.93. The molecular formula is C16H19N3. The maximum atomic E-state index is 5.77. The van der Waals surface area contributed by atoms with Crippen LogP contribution in [-0.2, 0) is 19.5 Å². The fraction of sp³-hybridized carbons (Fsp3) is 0.312. The van der Waals surface area contributed by atoms with Crippen molar-refractivity contribution in [2.45, 2.75) is 32.5 Å². The lowest BCUT2D eigenvalue weighted by Gasteiger charge is -2.25. The molecule has 0 spiro atoms. The van der Waals surface area contributed by atoms with Gasteiger partial charge in [-0.3, -0.25) is 4.98 Å². The third-order valence-electron chi connectivity index (χ3n) is 3.87. The van der Waals surface area contributed by atoms with Crippen LogP contribution in [0.25, 0.3) is 0 Å². The van der Waals surface area contributed by atoms with Gasteiger partial charge in [0.25, 0.3) is 0 Å². The maximum Gasteiger partial charge on any atom is 0.0589 e. The number of nitrogens with zero attached hydrogens (tertiary/aromatic N) is 2. The van der Waals surface area contributed by atoms with E-state index in [4.69, 9.17) is 5.73 Å². The molecule has 1 aliphatic heterocycles. The fourth-order valence-corrected chi connectivity index (χ4v) is 2.85. The van der Waals surface area contributed by atoms with Gasteiger partial charge in [0.05, 0.1) is 5.69 Å². The summed E-state index contributed by atoms with van der Waals surface area (Å²) < 4.78 is 0. The molecule has 0 saturated heterocycles. The smallest absolute Gasteiger partial charge is 0.0589 e. The molecule has 1 atom stereocenters. The number of anilines is 1. The number of pyridine rings is 1. The Hall–Kier alpha value is -1.87. The number of fused-ring (bicyclic) bond motifs is 1. The second-order valence-electron chi connectivity index (χ2n) is 5.12. The number of benzene rings is 1. The second kappa shape index (κ2) is 5.02. The lowest BCUT2D eigenvalue weighted by Crippen LogP contribution is -2.29. The Balaban J connectivity index is 1.91. The molecule has 1 aromatic heterocycles. The van der Waals surface area contributed by atoms with Crippen molar-refractivity contribution in [2.24, 2.45) is 5.73 Å². The van der Waals surface area contributed by atoms with Crippen LogP contribution >= 0.6 is 0 Å². The van der Waals surface area contributed by atoms with Crippen LogP contribution in [0.3, 0.4) is 0 Å². The zero-order chi connectivity index (χ0) is 13.2. The van der Waals surface area contributed by atoms with Gasteiger partial charge in [-0.15, -0.1) is 0 Å². The van der Waals surface area contributed by atoms with Crippen LogP contribution in [0, 0.1) is 0 Å². The molecule has 0 aliphatic carbocycles. The molecule has 1 aromatic carbocycles. The Morgan fingerprint density at radius 2 is 2.11 bits per heavy atom. The van der Waals surface area contributed by atoms with Crippen molar-refractivity contribution in [3.8, 4) is 0 Å². The molecule has 3 nitrogen and oxygen atoms in total. The number of nitrogens with two attached hydrogens (primary N) is 1. The highest BCUT2D eigenvalue weighted by Gasteiger charge is 2.25. The van der Waals surface area contributed by atoms with Crippen LogP contribution in [0.4, 0.5) is 5.69 Å². The van der Waals surface area contributed by atoms with Gasteiger partial charge in [0.2, 0.25) is 0 Å². The monoisotopic (exact) mass is 253 g/mol. The Labute approximate surface area is 114 Å². The van der Waals surface area contributed by atoms with E-state index in [-0.39, 0.29) is 0 Å². The van der Waals surface area contributed by atoms with Crippen molar-refractivity contribution in [1.29, 1.82) is 0 Å². The first-order valence-electron chi connectivity index (χ1n) is 6.77. The van der Waals surface area contributed by atoms with Gasteiger partial charge >= 0.3 is 0 Å². The van der Waals surface area contributed by atoms with E-state index >= 15 is 0 Å². The number of hydrogen-bond acceptors (Lipinski definition) is 3. The van der Waals surface area contributed by atoms with Crippen molar-refractivity contribution in [3.05, 3.63) is 59.4 Å². The second-order valence-corrected chi connectivity index (χ2v) is 5.12. The molecule has 19 heavy (non-hydrogen) atoms. The van der Waals surface area contributed by atoms with Gasteiger partial charge in [-0.25, -0.2) is 0 Å². The van der Waals surface area contributed by atoms with E-state index in [1.165, 1.54) is 16.8 Å². The van der Waals surface area contributed by atoms with Gasteiger partial charge in [0.15, 0.2) is 0 Å². The Kier molecular flexibility index (Phi) is 3.22.